The van der Waals surface area contributed by atoms with Gasteiger partial charge in [0.05, 0.1) is 7.11 Å². The van der Waals surface area contributed by atoms with E-state index in [0.29, 0.717) is 29.7 Å². The first-order valence-electron chi connectivity index (χ1n) is 7.71. The maximum absolute atomic E-state index is 12.6. The SMILES string of the molecule is COC(=O)C1=C(C(=O)Oc2cccc3ccccc23)CCCC1. The van der Waals surface area contributed by atoms with Crippen molar-refractivity contribution in [2.24, 2.45) is 0 Å². The minimum atomic E-state index is -0.457. The number of methoxy groups -OCH3 is 1. The van der Waals surface area contributed by atoms with E-state index in [-0.39, 0.29) is 0 Å². The van der Waals surface area contributed by atoms with Gasteiger partial charge in [-0.3, -0.25) is 0 Å². The lowest BCUT2D eigenvalue weighted by molar-refractivity contribution is -0.137. The summed E-state index contributed by atoms with van der Waals surface area (Å²) in [5.74, 6) is -0.383. The van der Waals surface area contributed by atoms with E-state index in [2.05, 4.69) is 0 Å². The van der Waals surface area contributed by atoms with Gasteiger partial charge < -0.3 is 9.47 Å². The molecule has 3 rings (SSSR count). The molecule has 0 aliphatic heterocycles. The van der Waals surface area contributed by atoms with Crippen LogP contribution in [0.1, 0.15) is 25.7 Å². The minimum Gasteiger partial charge on any atom is -0.466 e. The third-order valence-electron chi connectivity index (χ3n) is 4.10. The Bertz CT molecular complexity index is 784. The van der Waals surface area contributed by atoms with Crippen LogP contribution in [0, 0.1) is 0 Å². The van der Waals surface area contributed by atoms with Crippen LogP contribution in [0.3, 0.4) is 0 Å². The Morgan fingerprint density at radius 3 is 2.26 bits per heavy atom. The van der Waals surface area contributed by atoms with Gasteiger partial charge in [0.1, 0.15) is 5.75 Å². The predicted octanol–water partition coefficient (Wildman–Crippen LogP) is 3.79. The summed E-state index contributed by atoms with van der Waals surface area (Å²) < 4.78 is 10.4. The van der Waals surface area contributed by atoms with E-state index in [4.69, 9.17) is 9.47 Å². The van der Waals surface area contributed by atoms with Gasteiger partial charge in [0.15, 0.2) is 0 Å². The molecule has 0 fully saturated rings. The lowest BCUT2D eigenvalue weighted by Crippen LogP contribution is -2.20. The van der Waals surface area contributed by atoms with E-state index in [1.807, 2.05) is 36.4 Å². The molecule has 4 heteroatoms. The second kappa shape index (κ2) is 6.65. The van der Waals surface area contributed by atoms with Crippen molar-refractivity contribution in [1.29, 1.82) is 0 Å². The number of carbonyl (C=O) groups is 2. The summed E-state index contributed by atoms with van der Waals surface area (Å²) in [5.41, 5.74) is 0.889. The molecule has 0 saturated heterocycles. The molecule has 0 radical (unpaired) electrons. The molecule has 0 spiro atoms. The van der Waals surface area contributed by atoms with Gasteiger partial charge in [-0.15, -0.1) is 0 Å². The lowest BCUT2D eigenvalue weighted by atomic mass is 9.92. The Hall–Kier alpha value is -2.62. The van der Waals surface area contributed by atoms with Gasteiger partial charge in [0.25, 0.3) is 0 Å². The fourth-order valence-corrected chi connectivity index (χ4v) is 2.93. The van der Waals surface area contributed by atoms with E-state index in [9.17, 15) is 9.59 Å². The monoisotopic (exact) mass is 310 g/mol. The molecule has 0 bridgehead atoms. The van der Waals surface area contributed by atoms with E-state index < -0.39 is 11.9 Å². The van der Waals surface area contributed by atoms with Crippen LogP contribution in [0.5, 0.6) is 5.75 Å². The summed E-state index contributed by atoms with van der Waals surface area (Å²) in [4.78, 5) is 24.4. The maximum atomic E-state index is 12.6. The topological polar surface area (TPSA) is 52.6 Å². The van der Waals surface area contributed by atoms with Crippen LogP contribution in [0.2, 0.25) is 0 Å². The van der Waals surface area contributed by atoms with Crippen LogP contribution in [-0.2, 0) is 14.3 Å². The average molecular weight is 310 g/mol. The number of benzene rings is 2. The van der Waals surface area contributed by atoms with Crippen LogP contribution in [0.25, 0.3) is 10.8 Å². The molecule has 0 unspecified atom stereocenters. The minimum absolute atomic E-state index is 0.436. The fraction of sp³-hybridized carbons (Fsp3) is 0.263. The van der Waals surface area contributed by atoms with Crippen LogP contribution < -0.4 is 4.74 Å². The van der Waals surface area contributed by atoms with Crippen molar-refractivity contribution < 1.29 is 19.1 Å². The van der Waals surface area contributed by atoms with Crippen molar-refractivity contribution in [3.8, 4) is 5.75 Å². The Morgan fingerprint density at radius 1 is 0.870 bits per heavy atom. The molecule has 1 aliphatic rings. The predicted molar refractivity (Wildman–Crippen MR) is 87.1 cm³/mol. The zero-order chi connectivity index (χ0) is 16.2. The molecule has 0 atom stereocenters. The van der Waals surface area contributed by atoms with Gasteiger partial charge in [-0.1, -0.05) is 36.4 Å². The highest BCUT2D eigenvalue weighted by Crippen LogP contribution is 2.30. The smallest absolute Gasteiger partial charge is 0.339 e. The Balaban J connectivity index is 1.93. The van der Waals surface area contributed by atoms with Gasteiger partial charge in [-0.25, -0.2) is 9.59 Å². The first kappa shape index (κ1) is 15.3. The van der Waals surface area contributed by atoms with Gasteiger partial charge in [-0.2, -0.15) is 0 Å². The van der Waals surface area contributed by atoms with Gasteiger partial charge in [-0.05, 0) is 37.1 Å². The molecule has 23 heavy (non-hydrogen) atoms. The number of esters is 2. The summed E-state index contributed by atoms with van der Waals surface area (Å²) in [7, 11) is 1.33. The van der Waals surface area contributed by atoms with Crippen LogP contribution in [0.15, 0.2) is 53.6 Å². The summed E-state index contributed by atoms with van der Waals surface area (Å²) in [6.45, 7) is 0. The van der Waals surface area contributed by atoms with Gasteiger partial charge in [0, 0.05) is 16.5 Å². The number of hydrogen-bond donors (Lipinski definition) is 0. The highest BCUT2D eigenvalue weighted by molar-refractivity contribution is 6.02. The molecule has 0 amide bonds. The Kier molecular flexibility index (Phi) is 4.42. The molecule has 2 aromatic carbocycles. The van der Waals surface area contributed by atoms with Gasteiger partial charge in [0.2, 0.25) is 0 Å². The quantitative estimate of drug-likeness (QED) is 0.639. The molecule has 0 aromatic heterocycles. The summed E-state index contributed by atoms with van der Waals surface area (Å²) in [6.07, 6.45) is 2.87. The van der Waals surface area contributed by atoms with Crippen molar-refractivity contribution >= 4 is 22.7 Å². The normalized spacial score (nSPS) is 14.7. The summed E-state index contributed by atoms with van der Waals surface area (Å²) >= 11 is 0. The van der Waals surface area contributed by atoms with Crippen molar-refractivity contribution in [1.82, 2.24) is 0 Å². The number of fused-ring (bicyclic) bond motifs is 1. The zero-order valence-electron chi connectivity index (χ0n) is 13.0. The molecular formula is C19H18O4. The second-order valence-corrected chi connectivity index (χ2v) is 5.52. The lowest BCUT2D eigenvalue weighted by Gasteiger charge is -2.18. The largest absolute Gasteiger partial charge is 0.466 e. The highest BCUT2D eigenvalue weighted by Gasteiger charge is 2.26. The van der Waals surface area contributed by atoms with Crippen molar-refractivity contribution in [3.05, 3.63) is 53.6 Å². The first-order chi connectivity index (χ1) is 11.2. The maximum Gasteiger partial charge on any atom is 0.339 e. The highest BCUT2D eigenvalue weighted by atomic mass is 16.5. The molecular weight excluding hydrogens is 292 g/mol. The molecule has 4 nitrogen and oxygen atoms in total. The van der Waals surface area contributed by atoms with E-state index in [1.165, 1.54) is 7.11 Å². The van der Waals surface area contributed by atoms with E-state index in [1.54, 1.807) is 6.07 Å². The number of carbonyl (C=O) groups excluding carboxylic acids is 2. The van der Waals surface area contributed by atoms with Crippen LogP contribution in [0.4, 0.5) is 0 Å². The van der Waals surface area contributed by atoms with Crippen LogP contribution >= 0.6 is 0 Å². The number of ether oxygens (including phenoxy) is 2. The van der Waals surface area contributed by atoms with Crippen molar-refractivity contribution in [3.63, 3.8) is 0 Å². The molecule has 0 N–H and O–H groups in total. The second-order valence-electron chi connectivity index (χ2n) is 5.52. The van der Waals surface area contributed by atoms with Gasteiger partial charge >= 0.3 is 11.9 Å². The Labute approximate surface area is 134 Å². The van der Waals surface area contributed by atoms with Crippen LogP contribution in [-0.4, -0.2) is 19.0 Å². The third-order valence-corrected chi connectivity index (χ3v) is 4.10. The third kappa shape index (κ3) is 3.11. The van der Waals surface area contributed by atoms with Crippen molar-refractivity contribution in [2.75, 3.05) is 7.11 Å². The zero-order valence-corrected chi connectivity index (χ0v) is 13.0. The summed E-state index contributed by atoms with van der Waals surface area (Å²) in [6, 6.07) is 13.3. The molecule has 0 heterocycles. The number of rotatable bonds is 3. The molecule has 2 aromatic rings. The fourth-order valence-electron chi connectivity index (χ4n) is 2.93. The van der Waals surface area contributed by atoms with Crippen molar-refractivity contribution in [2.45, 2.75) is 25.7 Å². The average Bonchev–Trinajstić information content (AvgIpc) is 2.61. The van der Waals surface area contributed by atoms with E-state index >= 15 is 0 Å². The van der Waals surface area contributed by atoms with E-state index in [0.717, 1.165) is 23.6 Å². The first-order valence-corrected chi connectivity index (χ1v) is 7.71. The Morgan fingerprint density at radius 2 is 1.52 bits per heavy atom. The molecule has 0 saturated carbocycles. The standard InChI is InChI=1S/C19H18O4/c1-22-18(20)15-10-4-5-11-16(15)19(21)23-17-12-6-8-13-7-2-3-9-14(13)17/h2-3,6-9,12H,4-5,10-11H2,1H3. The number of hydrogen-bond acceptors (Lipinski definition) is 4. The molecule has 118 valence electrons. The molecule has 1 aliphatic carbocycles. The summed E-state index contributed by atoms with van der Waals surface area (Å²) in [5, 5.41) is 1.88.